The van der Waals surface area contributed by atoms with E-state index in [2.05, 4.69) is 11.9 Å². The number of hydrogen-bond donors (Lipinski definition) is 1. The lowest BCUT2D eigenvalue weighted by atomic mass is 10.2. The predicted molar refractivity (Wildman–Crippen MR) is 41.0 cm³/mol. The van der Waals surface area contributed by atoms with Crippen LogP contribution in [-0.4, -0.2) is 10.1 Å². The monoisotopic (exact) mass is 155 g/mol. The first-order chi connectivity index (χ1) is 5.36. The van der Waals surface area contributed by atoms with Crippen LogP contribution >= 0.6 is 0 Å². The van der Waals surface area contributed by atoms with E-state index in [1.807, 2.05) is 0 Å². The molecule has 0 aliphatic rings. The number of rotatable bonds is 4. The van der Waals surface area contributed by atoms with Gasteiger partial charge in [0.25, 0.3) is 0 Å². The van der Waals surface area contributed by atoms with Crippen molar-refractivity contribution < 1.29 is 9.52 Å². The van der Waals surface area contributed by atoms with E-state index >= 15 is 0 Å². The summed E-state index contributed by atoms with van der Waals surface area (Å²) in [6.45, 7) is 2.03. The first kappa shape index (κ1) is 8.27. The van der Waals surface area contributed by atoms with Crippen LogP contribution in [0.25, 0.3) is 0 Å². The topological polar surface area (TPSA) is 46.3 Å². The zero-order chi connectivity index (χ0) is 8.10. The summed E-state index contributed by atoms with van der Waals surface area (Å²) in [5, 5.41) is 8.62. The maximum absolute atomic E-state index is 8.62. The molecular formula is C8H13NO2. The van der Waals surface area contributed by atoms with Crippen LogP contribution < -0.4 is 0 Å². The van der Waals surface area contributed by atoms with Crippen molar-refractivity contribution in [3.05, 3.63) is 17.8 Å². The summed E-state index contributed by atoms with van der Waals surface area (Å²) in [5.74, 6) is 0.413. The Hall–Kier alpha value is -0.830. The minimum Gasteiger partial charge on any atom is -0.446 e. The highest BCUT2D eigenvalue weighted by Crippen LogP contribution is 2.05. The number of aliphatic hydroxyl groups is 1. The molecule has 0 saturated heterocycles. The maximum Gasteiger partial charge on any atom is 0.219 e. The van der Waals surface area contributed by atoms with Crippen molar-refractivity contribution in [1.82, 2.24) is 4.98 Å². The Balaban J connectivity index is 2.44. The van der Waals surface area contributed by atoms with Crippen LogP contribution in [0.2, 0.25) is 0 Å². The van der Waals surface area contributed by atoms with Gasteiger partial charge in [-0.2, -0.15) is 0 Å². The van der Waals surface area contributed by atoms with Gasteiger partial charge in [0, 0.05) is 0 Å². The molecule has 1 aromatic heterocycles. The average molecular weight is 155 g/mol. The molecule has 1 heterocycles. The fourth-order valence-electron chi connectivity index (χ4n) is 0.894. The summed E-state index contributed by atoms with van der Waals surface area (Å²) < 4.78 is 4.95. The van der Waals surface area contributed by atoms with Gasteiger partial charge in [-0.1, -0.05) is 13.3 Å². The molecule has 0 spiro atoms. The third-order valence-corrected chi connectivity index (χ3v) is 1.52. The zero-order valence-corrected chi connectivity index (χ0v) is 6.71. The summed E-state index contributed by atoms with van der Waals surface area (Å²) in [6, 6.07) is 0. The largest absolute Gasteiger partial charge is 0.446 e. The van der Waals surface area contributed by atoms with E-state index in [-0.39, 0.29) is 6.61 Å². The Kier molecular flexibility index (Phi) is 3.11. The van der Waals surface area contributed by atoms with E-state index in [1.165, 1.54) is 0 Å². The van der Waals surface area contributed by atoms with Crippen LogP contribution in [0.5, 0.6) is 0 Å². The van der Waals surface area contributed by atoms with Crippen molar-refractivity contribution in [2.75, 3.05) is 0 Å². The Labute approximate surface area is 66.1 Å². The minimum atomic E-state index is -0.105. The number of hydrogen-bond acceptors (Lipinski definition) is 3. The normalized spacial score (nSPS) is 10.4. The summed E-state index contributed by atoms with van der Waals surface area (Å²) in [4.78, 5) is 4.05. The minimum absolute atomic E-state index is 0.105. The molecule has 62 valence electrons. The van der Waals surface area contributed by atoms with E-state index < -0.39 is 0 Å². The second-order valence-corrected chi connectivity index (χ2v) is 2.49. The standard InChI is InChI=1S/C8H13NO2/c1-2-3-4-7-6-11-8(5-10)9-7/h6,10H,2-5H2,1H3. The molecule has 1 N–H and O–H groups in total. The number of aryl methyl sites for hydroxylation is 1. The van der Waals surface area contributed by atoms with Gasteiger partial charge in [-0.3, -0.25) is 0 Å². The lowest BCUT2D eigenvalue weighted by Crippen LogP contribution is -1.86. The summed E-state index contributed by atoms with van der Waals surface area (Å²) in [6.07, 6.45) is 4.83. The number of aromatic nitrogens is 1. The Bertz CT molecular complexity index is 208. The number of aliphatic hydroxyl groups excluding tert-OH is 1. The van der Waals surface area contributed by atoms with Gasteiger partial charge in [0.2, 0.25) is 5.89 Å². The molecule has 11 heavy (non-hydrogen) atoms. The second-order valence-electron chi connectivity index (χ2n) is 2.49. The zero-order valence-electron chi connectivity index (χ0n) is 6.71. The maximum atomic E-state index is 8.62. The lowest BCUT2D eigenvalue weighted by molar-refractivity contribution is 0.240. The smallest absolute Gasteiger partial charge is 0.219 e. The third kappa shape index (κ3) is 2.35. The van der Waals surface area contributed by atoms with Crippen molar-refractivity contribution in [2.45, 2.75) is 32.8 Å². The van der Waals surface area contributed by atoms with Crippen molar-refractivity contribution >= 4 is 0 Å². The predicted octanol–water partition coefficient (Wildman–Crippen LogP) is 1.51. The molecule has 0 bridgehead atoms. The van der Waals surface area contributed by atoms with E-state index in [1.54, 1.807) is 6.26 Å². The van der Waals surface area contributed by atoms with Gasteiger partial charge in [0.05, 0.1) is 5.69 Å². The first-order valence-corrected chi connectivity index (χ1v) is 3.91. The van der Waals surface area contributed by atoms with E-state index in [0.717, 1.165) is 25.0 Å². The molecule has 0 atom stereocenters. The highest BCUT2D eigenvalue weighted by atomic mass is 16.4. The van der Waals surface area contributed by atoms with Gasteiger partial charge < -0.3 is 9.52 Å². The van der Waals surface area contributed by atoms with Crippen LogP contribution in [0, 0.1) is 0 Å². The van der Waals surface area contributed by atoms with Gasteiger partial charge in [0.15, 0.2) is 0 Å². The van der Waals surface area contributed by atoms with Crippen LogP contribution in [-0.2, 0) is 13.0 Å². The Morgan fingerprint density at radius 2 is 2.45 bits per heavy atom. The molecule has 0 aliphatic carbocycles. The van der Waals surface area contributed by atoms with E-state index in [4.69, 9.17) is 9.52 Å². The first-order valence-electron chi connectivity index (χ1n) is 3.91. The van der Waals surface area contributed by atoms with Crippen LogP contribution in [0.4, 0.5) is 0 Å². The quantitative estimate of drug-likeness (QED) is 0.716. The summed E-state index contributed by atoms with van der Waals surface area (Å²) in [5.41, 5.74) is 0.941. The van der Waals surface area contributed by atoms with Crippen LogP contribution in [0.15, 0.2) is 10.7 Å². The van der Waals surface area contributed by atoms with Gasteiger partial charge in [-0.05, 0) is 12.8 Å². The molecule has 0 aliphatic heterocycles. The van der Waals surface area contributed by atoms with E-state index in [0.29, 0.717) is 5.89 Å². The number of oxazole rings is 1. The molecular weight excluding hydrogens is 142 g/mol. The Morgan fingerprint density at radius 1 is 1.64 bits per heavy atom. The fourth-order valence-corrected chi connectivity index (χ4v) is 0.894. The van der Waals surface area contributed by atoms with Gasteiger partial charge in [-0.15, -0.1) is 0 Å². The number of unbranched alkanes of at least 4 members (excludes halogenated alkanes) is 1. The average Bonchev–Trinajstić information content (AvgIpc) is 2.48. The molecule has 3 heteroatoms. The Morgan fingerprint density at radius 3 is 3.00 bits per heavy atom. The fraction of sp³-hybridized carbons (Fsp3) is 0.625. The van der Waals surface area contributed by atoms with Gasteiger partial charge in [-0.25, -0.2) is 4.98 Å². The molecule has 0 saturated carbocycles. The van der Waals surface area contributed by atoms with E-state index in [9.17, 15) is 0 Å². The SMILES string of the molecule is CCCCc1coc(CO)n1. The highest BCUT2D eigenvalue weighted by Gasteiger charge is 2.00. The van der Waals surface area contributed by atoms with Crippen LogP contribution in [0.1, 0.15) is 31.4 Å². The third-order valence-electron chi connectivity index (χ3n) is 1.52. The lowest BCUT2D eigenvalue weighted by Gasteiger charge is -1.89. The highest BCUT2D eigenvalue weighted by molar-refractivity contribution is 4.95. The molecule has 3 nitrogen and oxygen atoms in total. The second kappa shape index (κ2) is 4.13. The van der Waals surface area contributed by atoms with Crippen molar-refractivity contribution in [3.63, 3.8) is 0 Å². The molecule has 0 aromatic carbocycles. The summed E-state index contributed by atoms with van der Waals surface area (Å²) >= 11 is 0. The van der Waals surface area contributed by atoms with Gasteiger partial charge >= 0.3 is 0 Å². The molecule has 0 unspecified atom stereocenters. The molecule has 1 aromatic rings. The summed E-state index contributed by atoms with van der Waals surface area (Å²) in [7, 11) is 0. The molecule has 1 rings (SSSR count). The molecule has 0 radical (unpaired) electrons. The van der Waals surface area contributed by atoms with Crippen molar-refractivity contribution in [3.8, 4) is 0 Å². The molecule has 0 fully saturated rings. The van der Waals surface area contributed by atoms with Crippen molar-refractivity contribution in [2.24, 2.45) is 0 Å². The van der Waals surface area contributed by atoms with Crippen molar-refractivity contribution in [1.29, 1.82) is 0 Å². The number of nitrogens with zero attached hydrogens (tertiary/aromatic N) is 1. The van der Waals surface area contributed by atoms with Crippen LogP contribution in [0.3, 0.4) is 0 Å². The molecule has 0 amide bonds. The van der Waals surface area contributed by atoms with Gasteiger partial charge in [0.1, 0.15) is 12.9 Å².